The van der Waals surface area contributed by atoms with E-state index in [2.05, 4.69) is 21.3 Å². The van der Waals surface area contributed by atoms with Crippen LogP contribution in [0.2, 0.25) is 5.02 Å². The number of carbonyl (C=O) groups is 1. The van der Waals surface area contributed by atoms with Gasteiger partial charge in [-0.25, -0.2) is 4.98 Å². The first-order valence-electron chi connectivity index (χ1n) is 7.97. The molecule has 1 aromatic carbocycles. The van der Waals surface area contributed by atoms with Crippen molar-refractivity contribution < 1.29 is 4.79 Å². The summed E-state index contributed by atoms with van der Waals surface area (Å²) in [7, 11) is 0. The number of thiophene rings is 1. The number of thiazole rings is 1. The van der Waals surface area contributed by atoms with Gasteiger partial charge in [0, 0.05) is 41.3 Å². The molecule has 0 saturated heterocycles. The van der Waals surface area contributed by atoms with Gasteiger partial charge in [-0.15, -0.1) is 11.3 Å². The third-order valence-corrected chi connectivity index (χ3v) is 6.22. The Kier molecular flexibility index (Phi) is 4.85. The van der Waals surface area contributed by atoms with E-state index in [1.54, 1.807) is 11.3 Å². The molecule has 0 atom stereocenters. The van der Waals surface area contributed by atoms with Gasteiger partial charge in [0.05, 0.1) is 11.3 Å². The smallest absolute Gasteiger partial charge is 0.258 e. The number of fused-ring (bicyclic) bond motifs is 1. The first-order valence-corrected chi connectivity index (χ1v) is 10.1. The normalized spacial score (nSPS) is 14.3. The molecule has 3 aromatic rings. The van der Waals surface area contributed by atoms with Crippen LogP contribution in [0.25, 0.3) is 0 Å². The number of benzene rings is 1. The van der Waals surface area contributed by atoms with Gasteiger partial charge in [-0.05, 0) is 23.1 Å². The molecule has 0 fully saturated rings. The highest BCUT2D eigenvalue weighted by Gasteiger charge is 2.22. The third kappa shape index (κ3) is 3.77. The molecule has 1 N–H and O–H groups in total. The number of carbonyl (C=O) groups excluding carboxylic acids is 1. The zero-order valence-corrected chi connectivity index (χ0v) is 15.8. The zero-order valence-electron chi connectivity index (χ0n) is 13.4. The van der Waals surface area contributed by atoms with Gasteiger partial charge < -0.3 is 0 Å². The highest BCUT2D eigenvalue weighted by Crippen LogP contribution is 2.30. The summed E-state index contributed by atoms with van der Waals surface area (Å²) in [6.07, 6.45) is 0.893. The lowest BCUT2D eigenvalue weighted by atomic mass is 10.1. The van der Waals surface area contributed by atoms with Gasteiger partial charge in [0.1, 0.15) is 0 Å². The lowest BCUT2D eigenvalue weighted by Crippen LogP contribution is -2.29. The monoisotopic (exact) mass is 389 g/mol. The van der Waals surface area contributed by atoms with Crippen LogP contribution < -0.4 is 5.32 Å². The second kappa shape index (κ2) is 7.25. The molecule has 2 aromatic heterocycles. The van der Waals surface area contributed by atoms with Crippen molar-refractivity contribution in [1.29, 1.82) is 0 Å². The molecule has 7 heteroatoms. The van der Waals surface area contributed by atoms with E-state index in [1.165, 1.54) is 16.2 Å². The molecule has 1 aliphatic rings. The summed E-state index contributed by atoms with van der Waals surface area (Å²) in [6.45, 7) is 2.61. The van der Waals surface area contributed by atoms with Crippen molar-refractivity contribution in [3.05, 3.63) is 67.8 Å². The summed E-state index contributed by atoms with van der Waals surface area (Å²) < 4.78 is 0. The summed E-state index contributed by atoms with van der Waals surface area (Å²) in [4.78, 5) is 20.4. The zero-order chi connectivity index (χ0) is 17.2. The summed E-state index contributed by atoms with van der Waals surface area (Å²) in [5.74, 6) is -0.0970. The molecule has 1 amide bonds. The van der Waals surface area contributed by atoms with Crippen molar-refractivity contribution in [2.75, 3.05) is 11.9 Å². The van der Waals surface area contributed by atoms with E-state index in [1.807, 2.05) is 35.0 Å². The Labute approximate surface area is 159 Å². The predicted molar refractivity (Wildman–Crippen MR) is 104 cm³/mol. The molecule has 0 spiro atoms. The Balaban J connectivity index is 1.44. The average molecular weight is 390 g/mol. The van der Waals surface area contributed by atoms with Crippen LogP contribution in [0.3, 0.4) is 0 Å². The van der Waals surface area contributed by atoms with E-state index < -0.39 is 0 Å². The van der Waals surface area contributed by atoms with E-state index in [9.17, 15) is 4.79 Å². The molecule has 0 aliphatic carbocycles. The van der Waals surface area contributed by atoms with Crippen LogP contribution in [0.15, 0.2) is 41.1 Å². The summed E-state index contributed by atoms with van der Waals surface area (Å²) in [5, 5.41) is 8.14. The van der Waals surface area contributed by atoms with Crippen molar-refractivity contribution >= 4 is 45.3 Å². The van der Waals surface area contributed by atoms with Crippen LogP contribution >= 0.6 is 34.3 Å². The van der Waals surface area contributed by atoms with E-state index in [-0.39, 0.29) is 5.91 Å². The molecule has 1 aliphatic heterocycles. The number of hydrogen-bond acceptors (Lipinski definition) is 5. The molecule has 128 valence electrons. The second-order valence-corrected chi connectivity index (χ2v) is 8.18. The molecular formula is C18H16ClN3OS2. The van der Waals surface area contributed by atoms with Gasteiger partial charge in [-0.1, -0.05) is 29.8 Å². The fourth-order valence-corrected chi connectivity index (χ4v) is 4.74. The fraction of sp³-hybridized carbons (Fsp3) is 0.222. The van der Waals surface area contributed by atoms with E-state index in [0.717, 1.165) is 42.3 Å². The van der Waals surface area contributed by atoms with Crippen LogP contribution in [0, 0.1) is 0 Å². The van der Waals surface area contributed by atoms with Crippen molar-refractivity contribution in [2.45, 2.75) is 19.5 Å². The van der Waals surface area contributed by atoms with E-state index in [0.29, 0.717) is 10.7 Å². The maximum absolute atomic E-state index is 12.2. The molecule has 0 bridgehead atoms. The number of anilines is 1. The lowest BCUT2D eigenvalue weighted by Gasteiger charge is -2.26. The second-order valence-electron chi connectivity index (χ2n) is 5.91. The maximum Gasteiger partial charge on any atom is 0.258 e. The standard InChI is InChI=1S/C18H16ClN3OS2/c19-14-4-2-1-3-12(14)9-22-7-5-15-16(10-22)25-18(20-15)21-17(23)13-6-8-24-11-13/h1-4,6,8,11H,5,7,9-10H2,(H,20,21,23). The topological polar surface area (TPSA) is 45.2 Å². The lowest BCUT2D eigenvalue weighted by molar-refractivity contribution is 0.102. The van der Waals surface area contributed by atoms with Gasteiger partial charge in [-0.2, -0.15) is 11.3 Å². The Morgan fingerprint density at radius 1 is 1.32 bits per heavy atom. The Morgan fingerprint density at radius 3 is 3.00 bits per heavy atom. The largest absolute Gasteiger partial charge is 0.298 e. The number of amides is 1. The van der Waals surface area contributed by atoms with Gasteiger partial charge in [0.25, 0.3) is 5.91 Å². The SMILES string of the molecule is O=C(Nc1nc2c(s1)CN(Cc1ccccc1Cl)CC2)c1ccsc1. The average Bonchev–Trinajstić information content (AvgIpc) is 3.25. The van der Waals surface area contributed by atoms with Crippen molar-refractivity contribution in [3.63, 3.8) is 0 Å². The van der Waals surface area contributed by atoms with Crippen LogP contribution in [0.1, 0.15) is 26.5 Å². The van der Waals surface area contributed by atoms with Gasteiger partial charge in [-0.3, -0.25) is 15.0 Å². The minimum absolute atomic E-state index is 0.0970. The number of rotatable bonds is 4. The van der Waals surface area contributed by atoms with E-state index in [4.69, 9.17) is 11.6 Å². The van der Waals surface area contributed by atoms with Gasteiger partial charge >= 0.3 is 0 Å². The predicted octanol–water partition coefficient (Wildman–Crippen LogP) is 4.67. The molecule has 4 rings (SSSR count). The Bertz CT molecular complexity index is 892. The summed E-state index contributed by atoms with van der Waals surface area (Å²) >= 11 is 9.35. The number of nitrogens with one attached hydrogen (secondary N) is 1. The Morgan fingerprint density at radius 2 is 2.20 bits per heavy atom. The fourth-order valence-electron chi connectivity index (χ4n) is 2.87. The quantitative estimate of drug-likeness (QED) is 0.705. The first kappa shape index (κ1) is 16.7. The molecule has 0 radical (unpaired) electrons. The molecule has 0 saturated carbocycles. The number of nitrogens with zero attached hydrogens (tertiary/aromatic N) is 2. The van der Waals surface area contributed by atoms with Crippen LogP contribution in [-0.2, 0) is 19.5 Å². The maximum atomic E-state index is 12.2. The first-order chi connectivity index (χ1) is 12.2. The van der Waals surface area contributed by atoms with Crippen molar-refractivity contribution in [3.8, 4) is 0 Å². The molecular weight excluding hydrogens is 374 g/mol. The Hall–Kier alpha value is -1.73. The van der Waals surface area contributed by atoms with Gasteiger partial charge in [0.2, 0.25) is 0 Å². The number of halogens is 1. The van der Waals surface area contributed by atoms with Crippen molar-refractivity contribution in [1.82, 2.24) is 9.88 Å². The highest BCUT2D eigenvalue weighted by molar-refractivity contribution is 7.16. The molecule has 3 heterocycles. The van der Waals surface area contributed by atoms with Crippen LogP contribution in [-0.4, -0.2) is 22.3 Å². The summed E-state index contributed by atoms with van der Waals surface area (Å²) in [6, 6.07) is 9.78. The van der Waals surface area contributed by atoms with Crippen LogP contribution in [0.4, 0.5) is 5.13 Å². The number of hydrogen-bond donors (Lipinski definition) is 1. The van der Waals surface area contributed by atoms with Gasteiger partial charge in [0.15, 0.2) is 5.13 Å². The minimum atomic E-state index is -0.0970. The summed E-state index contributed by atoms with van der Waals surface area (Å²) in [5.41, 5.74) is 2.92. The van der Waals surface area contributed by atoms with Crippen molar-refractivity contribution in [2.24, 2.45) is 0 Å². The highest BCUT2D eigenvalue weighted by atomic mass is 35.5. The molecule has 25 heavy (non-hydrogen) atoms. The number of aromatic nitrogens is 1. The molecule has 4 nitrogen and oxygen atoms in total. The molecule has 0 unspecified atom stereocenters. The van der Waals surface area contributed by atoms with Crippen LogP contribution in [0.5, 0.6) is 0 Å². The third-order valence-electron chi connectivity index (χ3n) is 4.17. The van der Waals surface area contributed by atoms with E-state index >= 15 is 0 Å². The minimum Gasteiger partial charge on any atom is -0.298 e.